The molecule has 0 amide bonds. The number of rotatable bonds is 9. The van der Waals surface area contributed by atoms with Crippen molar-refractivity contribution in [3.05, 3.63) is 58.1 Å². The molecule has 36 heavy (non-hydrogen) atoms. The predicted octanol–water partition coefficient (Wildman–Crippen LogP) is 5.28. The Labute approximate surface area is 210 Å². The van der Waals surface area contributed by atoms with Crippen LogP contribution in [0.3, 0.4) is 0 Å². The van der Waals surface area contributed by atoms with Crippen molar-refractivity contribution in [1.82, 2.24) is 9.80 Å². The van der Waals surface area contributed by atoms with E-state index in [-0.39, 0.29) is 12.4 Å². The highest BCUT2D eigenvalue weighted by Gasteiger charge is 2.34. The van der Waals surface area contributed by atoms with Gasteiger partial charge in [-0.1, -0.05) is 18.2 Å². The van der Waals surface area contributed by atoms with E-state index in [1.165, 1.54) is 26.0 Å². The number of alkyl halides is 3. The molecular weight excluding hydrogens is 473 g/mol. The number of aryl methyl sites for hydroxylation is 2. The van der Waals surface area contributed by atoms with Gasteiger partial charge >= 0.3 is 12.1 Å². The molecule has 2 aromatic rings. The number of aliphatic carboxylic acids is 1. The van der Waals surface area contributed by atoms with Gasteiger partial charge < -0.3 is 14.6 Å². The smallest absolute Gasteiger partial charge is 0.419 e. The minimum absolute atomic E-state index is 0.119. The third-order valence-electron chi connectivity index (χ3n) is 6.32. The molecule has 0 atom stereocenters. The lowest BCUT2D eigenvalue weighted by atomic mass is 10.0. The normalized spacial score (nSPS) is 15.7. The van der Waals surface area contributed by atoms with Crippen molar-refractivity contribution in [2.24, 2.45) is 0 Å². The van der Waals surface area contributed by atoms with Crippen molar-refractivity contribution in [3.63, 3.8) is 0 Å². The number of nitrogens with zero attached hydrogens (tertiary/aromatic N) is 2. The van der Waals surface area contributed by atoms with E-state index in [4.69, 9.17) is 9.47 Å². The number of carboxylic acids is 1. The van der Waals surface area contributed by atoms with Crippen LogP contribution in [0.25, 0.3) is 0 Å². The van der Waals surface area contributed by atoms with Crippen molar-refractivity contribution in [1.29, 1.82) is 0 Å². The Morgan fingerprint density at radius 2 is 1.47 bits per heavy atom. The number of benzene rings is 2. The van der Waals surface area contributed by atoms with Crippen molar-refractivity contribution in [2.45, 2.75) is 59.5 Å². The Morgan fingerprint density at radius 1 is 0.944 bits per heavy atom. The quantitative estimate of drug-likeness (QED) is 0.497. The predicted molar refractivity (Wildman–Crippen MR) is 131 cm³/mol. The Balaban J connectivity index is 1.59. The van der Waals surface area contributed by atoms with Crippen LogP contribution >= 0.6 is 0 Å². The summed E-state index contributed by atoms with van der Waals surface area (Å²) in [6.07, 6.45) is -4.44. The molecule has 6 nitrogen and oxygen atoms in total. The lowest BCUT2D eigenvalue weighted by Crippen LogP contribution is -2.45. The van der Waals surface area contributed by atoms with Crippen LogP contribution in [0, 0.1) is 13.8 Å². The fraction of sp³-hybridized carbons (Fsp3) is 0.519. The molecule has 3 rings (SSSR count). The molecule has 0 unspecified atom stereocenters. The van der Waals surface area contributed by atoms with Crippen LogP contribution < -0.4 is 9.47 Å². The van der Waals surface area contributed by atoms with Crippen LogP contribution in [0.4, 0.5) is 13.2 Å². The maximum Gasteiger partial charge on any atom is 0.419 e. The van der Waals surface area contributed by atoms with E-state index < -0.39 is 23.3 Å². The highest BCUT2D eigenvalue weighted by molar-refractivity contribution is 5.77. The summed E-state index contributed by atoms with van der Waals surface area (Å²) in [6.45, 7) is 13.3. The lowest BCUT2D eigenvalue weighted by molar-refractivity contribution is -0.152. The summed E-state index contributed by atoms with van der Waals surface area (Å²) < 4.78 is 50.8. The molecule has 1 saturated heterocycles. The van der Waals surface area contributed by atoms with E-state index in [1.807, 2.05) is 26.0 Å². The van der Waals surface area contributed by atoms with E-state index in [0.717, 1.165) is 61.0 Å². The van der Waals surface area contributed by atoms with Crippen LogP contribution in [0.15, 0.2) is 30.3 Å². The Kier molecular flexibility index (Phi) is 8.56. The second kappa shape index (κ2) is 11.1. The Hall–Kier alpha value is -2.78. The third-order valence-corrected chi connectivity index (χ3v) is 6.32. The molecule has 9 heteroatoms. The molecular formula is C27H35F3N2O4. The second-order valence-corrected chi connectivity index (χ2v) is 9.79. The number of ether oxygens (including phenoxy) is 2. The van der Waals surface area contributed by atoms with Gasteiger partial charge in [0.15, 0.2) is 5.60 Å². The number of piperazine rings is 1. The minimum atomic E-state index is -4.44. The molecule has 0 aromatic heterocycles. The number of carboxylic acid groups (broad SMARTS) is 1. The molecule has 0 aliphatic carbocycles. The maximum atomic E-state index is 13.2. The monoisotopic (exact) mass is 508 g/mol. The number of hydrogen-bond donors (Lipinski definition) is 1. The lowest BCUT2D eigenvalue weighted by Gasteiger charge is -2.35. The molecule has 1 aliphatic heterocycles. The van der Waals surface area contributed by atoms with E-state index in [9.17, 15) is 23.1 Å². The fourth-order valence-electron chi connectivity index (χ4n) is 4.39. The van der Waals surface area contributed by atoms with Crippen molar-refractivity contribution >= 4 is 5.97 Å². The van der Waals surface area contributed by atoms with Gasteiger partial charge in [-0.3, -0.25) is 9.80 Å². The van der Waals surface area contributed by atoms with Gasteiger partial charge in [-0.15, -0.1) is 0 Å². The van der Waals surface area contributed by atoms with Gasteiger partial charge in [-0.05, 0) is 69.0 Å². The first kappa shape index (κ1) is 27.8. The molecule has 1 heterocycles. The van der Waals surface area contributed by atoms with Crippen LogP contribution in [0.5, 0.6) is 11.5 Å². The largest absolute Gasteiger partial charge is 0.493 e. The van der Waals surface area contributed by atoms with E-state index in [2.05, 4.69) is 9.80 Å². The van der Waals surface area contributed by atoms with Crippen LogP contribution in [-0.4, -0.2) is 59.3 Å². The van der Waals surface area contributed by atoms with Gasteiger partial charge in [0.25, 0.3) is 0 Å². The Bertz CT molecular complexity index is 1050. The number of hydrogen-bond acceptors (Lipinski definition) is 5. The highest BCUT2D eigenvalue weighted by atomic mass is 19.4. The standard InChI is InChI=1S/C27H35F3N2O4/c1-6-35-23-15-20(7-8-22(23)27(28,29)30)16-31-9-11-32(12-10-31)17-21-13-18(2)24(19(3)14-21)36-26(4,5)25(33)34/h7-8,13-15H,6,9-12,16-17H2,1-5H3,(H,33,34). The fourth-order valence-corrected chi connectivity index (χ4v) is 4.39. The molecule has 2 aromatic carbocycles. The van der Waals surface area contributed by atoms with Gasteiger partial charge in [0.1, 0.15) is 11.5 Å². The summed E-state index contributed by atoms with van der Waals surface area (Å²) in [5.41, 5.74) is 1.65. The van der Waals surface area contributed by atoms with Crippen molar-refractivity contribution in [2.75, 3.05) is 32.8 Å². The first-order valence-electron chi connectivity index (χ1n) is 12.1. The summed E-state index contributed by atoms with van der Waals surface area (Å²) in [5, 5.41) is 9.36. The van der Waals surface area contributed by atoms with Gasteiger partial charge in [-0.25, -0.2) is 4.79 Å². The molecule has 1 N–H and O–H groups in total. The van der Waals surface area contributed by atoms with Gasteiger partial charge in [0, 0.05) is 39.3 Å². The summed E-state index contributed by atoms with van der Waals surface area (Å²) in [6, 6.07) is 8.19. The van der Waals surface area contributed by atoms with Crippen LogP contribution in [0.2, 0.25) is 0 Å². The molecule has 1 fully saturated rings. The molecule has 0 spiro atoms. The summed E-state index contributed by atoms with van der Waals surface area (Å²) >= 11 is 0. The van der Waals surface area contributed by atoms with Gasteiger partial charge in [0.05, 0.1) is 12.2 Å². The van der Waals surface area contributed by atoms with Gasteiger partial charge in [-0.2, -0.15) is 13.2 Å². The molecule has 0 bridgehead atoms. The van der Waals surface area contributed by atoms with E-state index in [1.54, 1.807) is 6.92 Å². The average molecular weight is 509 g/mol. The zero-order chi connectivity index (χ0) is 26.7. The first-order valence-corrected chi connectivity index (χ1v) is 12.1. The summed E-state index contributed by atoms with van der Waals surface area (Å²) in [4.78, 5) is 16.0. The van der Waals surface area contributed by atoms with E-state index >= 15 is 0 Å². The zero-order valence-electron chi connectivity index (χ0n) is 21.5. The third kappa shape index (κ3) is 6.91. The van der Waals surface area contributed by atoms with Gasteiger partial charge in [0.2, 0.25) is 0 Å². The molecule has 0 saturated carbocycles. The van der Waals surface area contributed by atoms with Crippen molar-refractivity contribution in [3.8, 4) is 11.5 Å². The SMILES string of the molecule is CCOc1cc(CN2CCN(Cc3cc(C)c(OC(C)(C)C(=O)O)c(C)c3)CC2)ccc1C(F)(F)F. The molecule has 198 valence electrons. The van der Waals surface area contributed by atoms with E-state index in [0.29, 0.717) is 12.3 Å². The van der Waals surface area contributed by atoms with Crippen LogP contribution in [-0.2, 0) is 24.1 Å². The highest BCUT2D eigenvalue weighted by Crippen LogP contribution is 2.37. The second-order valence-electron chi connectivity index (χ2n) is 9.79. The minimum Gasteiger partial charge on any atom is -0.493 e. The maximum absolute atomic E-state index is 13.2. The topological polar surface area (TPSA) is 62.2 Å². The molecule has 0 radical (unpaired) electrons. The zero-order valence-corrected chi connectivity index (χ0v) is 21.5. The molecule has 1 aliphatic rings. The first-order chi connectivity index (χ1) is 16.8. The summed E-state index contributed by atoms with van der Waals surface area (Å²) in [7, 11) is 0. The number of halogens is 3. The summed E-state index contributed by atoms with van der Waals surface area (Å²) in [5.74, 6) is -0.543. The van der Waals surface area contributed by atoms with Crippen molar-refractivity contribution < 1.29 is 32.5 Å². The Morgan fingerprint density at radius 3 is 1.94 bits per heavy atom. The number of carbonyl (C=O) groups is 1. The van der Waals surface area contributed by atoms with Crippen LogP contribution in [0.1, 0.15) is 48.6 Å². The average Bonchev–Trinajstić information content (AvgIpc) is 2.77.